The molecule has 0 aromatic rings. The number of hydrogen-bond acceptors (Lipinski definition) is 2. The van der Waals surface area contributed by atoms with E-state index in [-0.39, 0.29) is 0 Å². The summed E-state index contributed by atoms with van der Waals surface area (Å²) in [5, 5.41) is 3.82. The Hall–Kier alpha value is -0.0800. The van der Waals surface area contributed by atoms with E-state index in [1.165, 1.54) is 58.2 Å². The first-order chi connectivity index (χ1) is 8.13. The minimum absolute atomic E-state index is 0.509. The maximum absolute atomic E-state index is 3.82. The highest BCUT2D eigenvalue weighted by Crippen LogP contribution is 2.35. The molecule has 17 heavy (non-hydrogen) atoms. The third-order valence-corrected chi connectivity index (χ3v) is 4.77. The van der Waals surface area contributed by atoms with Gasteiger partial charge in [-0.15, -0.1) is 0 Å². The molecule has 2 fully saturated rings. The standard InChI is InChI=1S/C15H30N2/c1-4-17(13-8-9-13)12-11-16-14-7-5-6-10-15(14,2)3/h13-14,16H,4-12H2,1-3H3. The quantitative estimate of drug-likeness (QED) is 0.765. The molecular formula is C15H30N2. The third kappa shape index (κ3) is 3.69. The number of nitrogens with zero attached hydrogens (tertiary/aromatic N) is 1. The molecule has 0 saturated heterocycles. The van der Waals surface area contributed by atoms with Crippen molar-refractivity contribution in [3.63, 3.8) is 0 Å². The molecule has 2 saturated carbocycles. The summed E-state index contributed by atoms with van der Waals surface area (Å²) in [5.41, 5.74) is 0.509. The van der Waals surface area contributed by atoms with E-state index in [9.17, 15) is 0 Å². The summed E-state index contributed by atoms with van der Waals surface area (Å²) in [7, 11) is 0. The van der Waals surface area contributed by atoms with Crippen LogP contribution in [0, 0.1) is 5.41 Å². The molecule has 0 heterocycles. The van der Waals surface area contributed by atoms with Gasteiger partial charge in [-0.1, -0.05) is 33.6 Å². The Bertz CT molecular complexity index is 233. The van der Waals surface area contributed by atoms with Crippen molar-refractivity contribution in [2.45, 2.75) is 71.4 Å². The van der Waals surface area contributed by atoms with Crippen LogP contribution in [0.4, 0.5) is 0 Å². The van der Waals surface area contributed by atoms with Gasteiger partial charge in [-0.25, -0.2) is 0 Å². The van der Waals surface area contributed by atoms with E-state index >= 15 is 0 Å². The van der Waals surface area contributed by atoms with Crippen LogP contribution in [0.1, 0.15) is 59.3 Å². The molecule has 0 aromatic carbocycles. The Labute approximate surface area is 107 Å². The molecule has 0 radical (unpaired) electrons. The van der Waals surface area contributed by atoms with Crippen LogP contribution in [-0.2, 0) is 0 Å². The van der Waals surface area contributed by atoms with Crippen LogP contribution in [-0.4, -0.2) is 36.6 Å². The van der Waals surface area contributed by atoms with Crippen molar-refractivity contribution in [1.29, 1.82) is 0 Å². The van der Waals surface area contributed by atoms with Gasteiger partial charge in [0.2, 0.25) is 0 Å². The van der Waals surface area contributed by atoms with E-state index in [1.54, 1.807) is 0 Å². The van der Waals surface area contributed by atoms with Gasteiger partial charge in [0.05, 0.1) is 0 Å². The lowest BCUT2D eigenvalue weighted by atomic mass is 9.73. The normalized spacial score (nSPS) is 28.6. The second-order valence-corrected chi connectivity index (χ2v) is 6.60. The smallest absolute Gasteiger partial charge is 0.0119 e. The largest absolute Gasteiger partial charge is 0.312 e. The summed E-state index contributed by atoms with van der Waals surface area (Å²) >= 11 is 0. The molecular weight excluding hydrogens is 208 g/mol. The predicted octanol–water partition coefficient (Wildman–Crippen LogP) is 3.03. The van der Waals surface area contributed by atoms with Crippen LogP contribution in [0.25, 0.3) is 0 Å². The third-order valence-electron chi connectivity index (χ3n) is 4.77. The summed E-state index contributed by atoms with van der Waals surface area (Å²) in [6, 6.07) is 1.66. The molecule has 0 amide bonds. The van der Waals surface area contributed by atoms with Crippen LogP contribution in [0.3, 0.4) is 0 Å². The molecule has 0 aliphatic heterocycles. The average Bonchev–Trinajstić information content (AvgIpc) is 3.10. The predicted molar refractivity (Wildman–Crippen MR) is 74.3 cm³/mol. The summed E-state index contributed by atoms with van der Waals surface area (Å²) in [5.74, 6) is 0. The fraction of sp³-hybridized carbons (Fsp3) is 1.00. The Morgan fingerprint density at radius 2 is 1.94 bits per heavy atom. The van der Waals surface area contributed by atoms with E-state index < -0.39 is 0 Å². The van der Waals surface area contributed by atoms with E-state index in [0.717, 1.165) is 12.1 Å². The molecule has 2 rings (SSSR count). The van der Waals surface area contributed by atoms with Gasteiger partial charge in [-0.3, -0.25) is 4.90 Å². The number of hydrogen-bond donors (Lipinski definition) is 1. The molecule has 0 aromatic heterocycles. The summed E-state index contributed by atoms with van der Waals surface area (Å²) < 4.78 is 0. The van der Waals surface area contributed by atoms with Gasteiger partial charge in [-0.2, -0.15) is 0 Å². The summed E-state index contributed by atoms with van der Waals surface area (Å²) in [4.78, 5) is 2.64. The van der Waals surface area contributed by atoms with E-state index in [1.807, 2.05) is 0 Å². The Morgan fingerprint density at radius 1 is 1.18 bits per heavy atom. The first kappa shape index (κ1) is 13.4. The van der Waals surface area contributed by atoms with Gasteiger partial charge in [0.25, 0.3) is 0 Å². The molecule has 2 aliphatic carbocycles. The minimum Gasteiger partial charge on any atom is -0.312 e. The molecule has 2 aliphatic rings. The number of likely N-dealkylation sites (N-methyl/N-ethyl adjacent to an activating group) is 1. The van der Waals surface area contributed by atoms with E-state index in [2.05, 4.69) is 31.0 Å². The molecule has 1 atom stereocenters. The Morgan fingerprint density at radius 3 is 2.53 bits per heavy atom. The van der Waals surface area contributed by atoms with Gasteiger partial charge in [0.1, 0.15) is 0 Å². The fourth-order valence-electron chi connectivity index (χ4n) is 3.29. The van der Waals surface area contributed by atoms with Crippen LogP contribution in [0.5, 0.6) is 0 Å². The van der Waals surface area contributed by atoms with Gasteiger partial charge in [-0.05, 0) is 37.6 Å². The highest BCUT2D eigenvalue weighted by molar-refractivity contribution is 4.89. The van der Waals surface area contributed by atoms with Crippen molar-refractivity contribution >= 4 is 0 Å². The van der Waals surface area contributed by atoms with E-state index in [0.29, 0.717) is 5.41 Å². The lowest BCUT2D eigenvalue weighted by Crippen LogP contribution is -2.46. The van der Waals surface area contributed by atoms with Crippen molar-refractivity contribution in [1.82, 2.24) is 10.2 Å². The number of nitrogens with one attached hydrogen (secondary N) is 1. The second kappa shape index (κ2) is 5.71. The maximum atomic E-state index is 3.82. The monoisotopic (exact) mass is 238 g/mol. The van der Waals surface area contributed by atoms with Gasteiger partial charge in [0, 0.05) is 25.2 Å². The first-order valence-electron chi connectivity index (χ1n) is 7.61. The van der Waals surface area contributed by atoms with Crippen molar-refractivity contribution < 1.29 is 0 Å². The van der Waals surface area contributed by atoms with Gasteiger partial charge < -0.3 is 5.32 Å². The molecule has 2 nitrogen and oxygen atoms in total. The van der Waals surface area contributed by atoms with E-state index in [4.69, 9.17) is 0 Å². The second-order valence-electron chi connectivity index (χ2n) is 6.60. The van der Waals surface area contributed by atoms with Crippen LogP contribution < -0.4 is 5.32 Å². The topological polar surface area (TPSA) is 15.3 Å². The van der Waals surface area contributed by atoms with Crippen LogP contribution in [0.15, 0.2) is 0 Å². The molecule has 100 valence electrons. The Kier molecular flexibility index (Phi) is 4.48. The van der Waals surface area contributed by atoms with Crippen molar-refractivity contribution in [3.8, 4) is 0 Å². The maximum Gasteiger partial charge on any atom is 0.0119 e. The lowest BCUT2D eigenvalue weighted by Gasteiger charge is -2.39. The molecule has 0 spiro atoms. The van der Waals surface area contributed by atoms with Crippen LogP contribution in [0.2, 0.25) is 0 Å². The minimum atomic E-state index is 0.509. The highest BCUT2D eigenvalue weighted by Gasteiger charge is 2.32. The van der Waals surface area contributed by atoms with Crippen molar-refractivity contribution in [2.24, 2.45) is 5.41 Å². The van der Waals surface area contributed by atoms with Crippen LogP contribution >= 0.6 is 0 Å². The molecule has 1 N–H and O–H groups in total. The van der Waals surface area contributed by atoms with Gasteiger partial charge >= 0.3 is 0 Å². The zero-order chi connectivity index (χ0) is 12.3. The zero-order valence-electron chi connectivity index (χ0n) is 12.0. The van der Waals surface area contributed by atoms with Gasteiger partial charge in [0.15, 0.2) is 0 Å². The van der Waals surface area contributed by atoms with Crippen molar-refractivity contribution in [3.05, 3.63) is 0 Å². The lowest BCUT2D eigenvalue weighted by molar-refractivity contribution is 0.161. The molecule has 1 unspecified atom stereocenters. The summed E-state index contributed by atoms with van der Waals surface area (Å²) in [6.45, 7) is 10.8. The number of rotatable bonds is 6. The highest BCUT2D eigenvalue weighted by atomic mass is 15.2. The first-order valence-corrected chi connectivity index (χ1v) is 7.61. The fourth-order valence-corrected chi connectivity index (χ4v) is 3.29. The zero-order valence-corrected chi connectivity index (χ0v) is 12.0. The average molecular weight is 238 g/mol. The molecule has 0 bridgehead atoms. The van der Waals surface area contributed by atoms with Crippen molar-refractivity contribution in [2.75, 3.05) is 19.6 Å². The summed E-state index contributed by atoms with van der Waals surface area (Å²) in [6.07, 6.45) is 8.48. The Balaban J connectivity index is 1.69. The SMILES string of the molecule is CCN(CCNC1CCCCC1(C)C)C1CC1. The molecule has 2 heteroatoms.